The van der Waals surface area contributed by atoms with Crippen molar-refractivity contribution in [3.05, 3.63) is 58.5 Å². The normalized spacial score (nSPS) is 15.4. The van der Waals surface area contributed by atoms with Crippen LogP contribution < -0.4 is 14.4 Å². The van der Waals surface area contributed by atoms with Crippen LogP contribution in [0.5, 0.6) is 11.5 Å². The molecule has 0 aromatic heterocycles. The third kappa shape index (κ3) is 4.58. The van der Waals surface area contributed by atoms with Gasteiger partial charge < -0.3 is 9.47 Å². The lowest BCUT2D eigenvalue weighted by molar-refractivity contribution is -0.137. The van der Waals surface area contributed by atoms with Gasteiger partial charge in [0.2, 0.25) is 0 Å². The molecule has 0 aliphatic carbocycles. The molecule has 0 atom stereocenters. The van der Waals surface area contributed by atoms with Crippen LogP contribution >= 0.6 is 24.0 Å². The van der Waals surface area contributed by atoms with Crippen molar-refractivity contribution in [3.8, 4) is 17.6 Å². The third-order valence-corrected chi connectivity index (χ3v) is 5.31. The summed E-state index contributed by atoms with van der Waals surface area (Å²) in [7, 11) is 1.44. The first-order chi connectivity index (χ1) is 14.2. The minimum absolute atomic E-state index is 0.0496. The molecule has 0 unspecified atom stereocenters. The molecule has 0 radical (unpaired) electrons. The van der Waals surface area contributed by atoms with Crippen molar-refractivity contribution in [2.75, 3.05) is 18.6 Å². The fraction of sp³-hybridized carbons (Fsp3) is 0.150. The van der Waals surface area contributed by atoms with Gasteiger partial charge in [0, 0.05) is 0 Å². The Morgan fingerprint density at radius 1 is 1.23 bits per heavy atom. The Morgan fingerprint density at radius 3 is 2.67 bits per heavy atom. The van der Waals surface area contributed by atoms with Gasteiger partial charge in [0.25, 0.3) is 5.91 Å². The summed E-state index contributed by atoms with van der Waals surface area (Å²) >= 11 is 6.21. The van der Waals surface area contributed by atoms with Gasteiger partial charge in [0.15, 0.2) is 22.4 Å². The first kappa shape index (κ1) is 21.7. The predicted molar refractivity (Wildman–Crippen MR) is 111 cm³/mol. The van der Waals surface area contributed by atoms with Gasteiger partial charge >= 0.3 is 6.18 Å². The molecule has 0 saturated carbocycles. The molecule has 1 aliphatic heterocycles. The number of rotatable bonds is 5. The maximum atomic E-state index is 13.0. The van der Waals surface area contributed by atoms with Gasteiger partial charge in [-0.15, -0.1) is 0 Å². The average molecular weight is 450 g/mol. The molecule has 3 rings (SSSR count). The minimum Gasteiger partial charge on any atom is -0.493 e. The topological polar surface area (TPSA) is 62.6 Å². The third-order valence-electron chi connectivity index (χ3n) is 4.00. The zero-order valence-electron chi connectivity index (χ0n) is 15.4. The van der Waals surface area contributed by atoms with Crippen LogP contribution in [0.25, 0.3) is 6.08 Å². The van der Waals surface area contributed by atoms with Gasteiger partial charge in [0.1, 0.15) is 6.07 Å². The molecule has 2 aromatic rings. The Labute approximate surface area is 179 Å². The molecule has 1 saturated heterocycles. The van der Waals surface area contributed by atoms with E-state index in [0.29, 0.717) is 17.1 Å². The number of benzene rings is 2. The molecular weight excluding hydrogens is 437 g/mol. The number of anilines is 1. The molecule has 10 heteroatoms. The molecular formula is C20H13F3N2O3S2. The quantitative estimate of drug-likeness (QED) is 0.471. The lowest BCUT2D eigenvalue weighted by Crippen LogP contribution is -2.27. The Hall–Kier alpha value is -3.03. The van der Waals surface area contributed by atoms with E-state index in [1.54, 1.807) is 24.3 Å². The van der Waals surface area contributed by atoms with Crippen LogP contribution in [0, 0.1) is 11.3 Å². The highest BCUT2D eigenvalue weighted by Gasteiger charge is 2.36. The summed E-state index contributed by atoms with van der Waals surface area (Å²) in [5, 5.41) is 8.63. The number of hydrogen-bond donors (Lipinski definition) is 0. The second kappa shape index (κ2) is 8.77. The molecule has 5 nitrogen and oxygen atoms in total. The van der Waals surface area contributed by atoms with E-state index in [4.69, 9.17) is 27.0 Å². The lowest BCUT2D eigenvalue weighted by Gasteiger charge is -2.16. The van der Waals surface area contributed by atoms with Gasteiger partial charge in [-0.1, -0.05) is 36.1 Å². The second-order valence-corrected chi connectivity index (χ2v) is 7.60. The number of halogens is 3. The Kier molecular flexibility index (Phi) is 6.34. The lowest BCUT2D eigenvalue weighted by atomic mass is 10.1. The number of thiocarbonyl (C=S) groups is 1. The molecule has 0 spiro atoms. The van der Waals surface area contributed by atoms with E-state index >= 15 is 0 Å². The van der Waals surface area contributed by atoms with Crippen molar-refractivity contribution in [2.45, 2.75) is 6.18 Å². The van der Waals surface area contributed by atoms with Crippen LogP contribution in [0.15, 0.2) is 47.4 Å². The minimum atomic E-state index is -4.53. The van der Waals surface area contributed by atoms with Crippen molar-refractivity contribution in [2.24, 2.45) is 0 Å². The van der Waals surface area contributed by atoms with Crippen molar-refractivity contribution < 1.29 is 27.4 Å². The molecule has 154 valence electrons. The number of methoxy groups -OCH3 is 1. The molecule has 1 amide bonds. The van der Waals surface area contributed by atoms with Crippen LogP contribution in [-0.2, 0) is 11.0 Å². The number of carbonyl (C=O) groups is 1. The number of nitriles is 1. The maximum absolute atomic E-state index is 13.0. The molecule has 0 bridgehead atoms. The number of hydrogen-bond acceptors (Lipinski definition) is 6. The van der Waals surface area contributed by atoms with E-state index in [0.717, 1.165) is 28.8 Å². The molecule has 30 heavy (non-hydrogen) atoms. The molecule has 1 fully saturated rings. The number of thioether (sulfide) groups is 1. The summed E-state index contributed by atoms with van der Waals surface area (Å²) in [5.74, 6) is 0.216. The SMILES string of the molecule is COc1cc(/C=C2\SC(=S)N(c3cccc(C(F)(F)F)c3)C2=O)ccc1OCC#N. The summed E-state index contributed by atoms with van der Waals surface area (Å²) in [4.78, 5) is 14.1. The van der Waals surface area contributed by atoms with E-state index in [-0.39, 0.29) is 21.5 Å². The second-order valence-electron chi connectivity index (χ2n) is 5.92. The zero-order chi connectivity index (χ0) is 21.9. The van der Waals surface area contributed by atoms with Crippen molar-refractivity contribution in [1.29, 1.82) is 5.26 Å². The van der Waals surface area contributed by atoms with E-state index < -0.39 is 17.6 Å². The van der Waals surface area contributed by atoms with Crippen LogP contribution in [-0.4, -0.2) is 23.9 Å². The number of nitrogens with zero attached hydrogens (tertiary/aromatic N) is 2. The standard InChI is InChI=1S/C20H13F3N2O3S2/c1-27-16-9-12(5-6-15(16)28-8-7-24)10-17-18(26)25(19(29)30-17)14-4-2-3-13(11-14)20(21,22)23/h2-6,9-11H,8H2,1H3/b17-10-. The van der Waals surface area contributed by atoms with Gasteiger partial charge in [-0.2, -0.15) is 18.4 Å². The predicted octanol–water partition coefficient (Wildman–Crippen LogP) is 5.02. The number of carbonyl (C=O) groups excluding carboxylic acids is 1. The van der Waals surface area contributed by atoms with Crippen molar-refractivity contribution in [3.63, 3.8) is 0 Å². The van der Waals surface area contributed by atoms with Crippen LogP contribution in [0.3, 0.4) is 0 Å². The highest BCUT2D eigenvalue weighted by molar-refractivity contribution is 8.27. The first-order valence-corrected chi connectivity index (χ1v) is 9.60. The van der Waals surface area contributed by atoms with Gasteiger partial charge in [-0.05, 0) is 42.0 Å². The van der Waals surface area contributed by atoms with E-state index in [2.05, 4.69) is 0 Å². The fourth-order valence-electron chi connectivity index (χ4n) is 2.67. The van der Waals surface area contributed by atoms with Crippen LogP contribution in [0.1, 0.15) is 11.1 Å². The largest absolute Gasteiger partial charge is 0.493 e. The summed E-state index contributed by atoms with van der Waals surface area (Å²) in [6.07, 6.45) is -2.97. The highest BCUT2D eigenvalue weighted by atomic mass is 32.2. The average Bonchev–Trinajstić information content (AvgIpc) is 2.99. The molecule has 0 N–H and O–H groups in total. The van der Waals surface area contributed by atoms with Crippen LogP contribution in [0.4, 0.5) is 18.9 Å². The summed E-state index contributed by atoms with van der Waals surface area (Å²) < 4.78 is 49.6. The Morgan fingerprint density at radius 2 is 2.00 bits per heavy atom. The number of amides is 1. The summed E-state index contributed by atoms with van der Waals surface area (Å²) in [6.45, 7) is -0.147. The molecule has 2 aromatic carbocycles. The van der Waals surface area contributed by atoms with Gasteiger partial charge in [-0.3, -0.25) is 9.69 Å². The molecule has 1 aliphatic rings. The van der Waals surface area contributed by atoms with Gasteiger partial charge in [-0.25, -0.2) is 0 Å². The van der Waals surface area contributed by atoms with E-state index in [1.165, 1.54) is 19.2 Å². The smallest absolute Gasteiger partial charge is 0.416 e. The summed E-state index contributed by atoms with van der Waals surface area (Å²) in [5.41, 5.74) is -0.218. The van der Waals surface area contributed by atoms with E-state index in [1.807, 2.05) is 6.07 Å². The van der Waals surface area contributed by atoms with Crippen molar-refractivity contribution in [1.82, 2.24) is 0 Å². The highest BCUT2D eigenvalue weighted by Crippen LogP contribution is 2.39. The Bertz CT molecular complexity index is 1080. The number of alkyl halides is 3. The monoisotopic (exact) mass is 450 g/mol. The summed E-state index contributed by atoms with van der Waals surface area (Å²) in [6, 6.07) is 11.2. The fourth-order valence-corrected chi connectivity index (χ4v) is 3.97. The zero-order valence-corrected chi connectivity index (χ0v) is 17.0. The Balaban J connectivity index is 1.90. The van der Waals surface area contributed by atoms with Gasteiger partial charge in [0.05, 0.1) is 23.3 Å². The van der Waals surface area contributed by atoms with Crippen molar-refractivity contribution >= 4 is 46.0 Å². The maximum Gasteiger partial charge on any atom is 0.416 e. The number of ether oxygens (including phenoxy) is 2. The van der Waals surface area contributed by atoms with E-state index in [9.17, 15) is 18.0 Å². The molecule has 1 heterocycles. The van der Waals surface area contributed by atoms with Crippen LogP contribution in [0.2, 0.25) is 0 Å². The first-order valence-electron chi connectivity index (χ1n) is 8.37.